The van der Waals surface area contributed by atoms with Crippen LogP contribution < -0.4 is 0 Å². The number of imidazole rings is 1. The maximum absolute atomic E-state index is 9.58. The Bertz CT molecular complexity index is 791. The maximum Gasteiger partial charge on any atom is 0.136 e. The van der Waals surface area contributed by atoms with E-state index in [0.717, 1.165) is 21.6 Å². The van der Waals surface area contributed by atoms with E-state index in [9.17, 15) is 5.11 Å². The third-order valence-corrected chi connectivity index (χ3v) is 4.09. The standard InChI is InChI=1S/C17H17ClN2O/c1-11-7-15-16(8-12(11)2)20(17(10-21)19-15)9-13-3-5-14(18)6-4-13/h3-8,21H,9-10H2,1-2H3. The molecule has 4 heteroatoms. The van der Waals surface area contributed by atoms with E-state index in [-0.39, 0.29) is 6.61 Å². The molecule has 0 spiro atoms. The topological polar surface area (TPSA) is 38.1 Å². The number of rotatable bonds is 3. The van der Waals surface area contributed by atoms with Crippen molar-refractivity contribution in [2.24, 2.45) is 0 Å². The van der Waals surface area contributed by atoms with E-state index in [1.54, 1.807) is 0 Å². The fraction of sp³-hybridized carbons (Fsp3) is 0.235. The lowest BCUT2D eigenvalue weighted by atomic mass is 10.1. The molecule has 108 valence electrons. The molecule has 3 aromatic rings. The molecule has 0 radical (unpaired) electrons. The monoisotopic (exact) mass is 300 g/mol. The molecule has 3 rings (SSSR count). The van der Waals surface area contributed by atoms with Crippen molar-refractivity contribution < 1.29 is 5.11 Å². The second-order valence-corrected chi connectivity index (χ2v) is 5.76. The maximum atomic E-state index is 9.58. The molecule has 0 bridgehead atoms. The zero-order valence-electron chi connectivity index (χ0n) is 12.1. The van der Waals surface area contributed by atoms with Gasteiger partial charge in [-0.05, 0) is 54.8 Å². The van der Waals surface area contributed by atoms with Gasteiger partial charge in [0.05, 0.1) is 11.0 Å². The summed E-state index contributed by atoms with van der Waals surface area (Å²) in [7, 11) is 0. The Kier molecular flexibility index (Phi) is 3.70. The molecular weight excluding hydrogens is 284 g/mol. The Morgan fingerprint density at radius 3 is 2.43 bits per heavy atom. The lowest BCUT2D eigenvalue weighted by molar-refractivity contribution is 0.267. The van der Waals surface area contributed by atoms with Crippen LogP contribution in [0.2, 0.25) is 5.02 Å². The smallest absolute Gasteiger partial charge is 0.136 e. The number of hydrogen-bond donors (Lipinski definition) is 1. The van der Waals surface area contributed by atoms with Crippen molar-refractivity contribution >= 4 is 22.6 Å². The van der Waals surface area contributed by atoms with Gasteiger partial charge in [0.1, 0.15) is 12.4 Å². The number of halogens is 1. The third-order valence-electron chi connectivity index (χ3n) is 3.84. The number of nitrogens with zero attached hydrogens (tertiary/aromatic N) is 2. The Labute approximate surface area is 128 Å². The first kappa shape index (κ1) is 14.1. The largest absolute Gasteiger partial charge is 0.388 e. The highest BCUT2D eigenvalue weighted by Crippen LogP contribution is 2.22. The molecule has 1 N–H and O–H groups in total. The summed E-state index contributed by atoms with van der Waals surface area (Å²) in [5.74, 6) is 0.685. The van der Waals surface area contributed by atoms with Crippen LogP contribution in [0.1, 0.15) is 22.5 Å². The van der Waals surface area contributed by atoms with Gasteiger partial charge in [-0.1, -0.05) is 23.7 Å². The predicted molar refractivity (Wildman–Crippen MR) is 85.7 cm³/mol. The number of hydrogen-bond acceptors (Lipinski definition) is 2. The zero-order valence-corrected chi connectivity index (χ0v) is 12.9. The summed E-state index contributed by atoms with van der Waals surface area (Å²) in [4.78, 5) is 4.53. The quantitative estimate of drug-likeness (QED) is 0.798. The number of aromatic nitrogens is 2. The fourth-order valence-corrected chi connectivity index (χ4v) is 2.63. The van der Waals surface area contributed by atoms with Crippen LogP contribution in [0.25, 0.3) is 11.0 Å². The second kappa shape index (κ2) is 5.51. The summed E-state index contributed by atoms with van der Waals surface area (Å²) in [6.07, 6.45) is 0. The fourth-order valence-electron chi connectivity index (χ4n) is 2.50. The Hall–Kier alpha value is -1.84. The molecule has 0 saturated carbocycles. The van der Waals surface area contributed by atoms with E-state index < -0.39 is 0 Å². The van der Waals surface area contributed by atoms with Crippen molar-refractivity contribution in [3.63, 3.8) is 0 Å². The van der Waals surface area contributed by atoms with Crippen molar-refractivity contribution in [1.29, 1.82) is 0 Å². The molecule has 0 fully saturated rings. The molecule has 1 heterocycles. The molecule has 0 atom stereocenters. The number of fused-ring (bicyclic) bond motifs is 1. The normalized spacial score (nSPS) is 11.2. The Balaban J connectivity index is 2.11. The molecule has 0 aliphatic rings. The summed E-state index contributed by atoms with van der Waals surface area (Å²) < 4.78 is 2.06. The van der Waals surface area contributed by atoms with E-state index in [1.165, 1.54) is 11.1 Å². The number of aliphatic hydroxyl groups is 1. The number of aryl methyl sites for hydroxylation is 2. The average Bonchev–Trinajstić information content (AvgIpc) is 2.79. The average molecular weight is 301 g/mol. The summed E-state index contributed by atoms with van der Waals surface area (Å²) >= 11 is 5.93. The van der Waals surface area contributed by atoms with Crippen LogP contribution >= 0.6 is 11.6 Å². The molecule has 0 aliphatic carbocycles. The molecular formula is C17H17ClN2O. The van der Waals surface area contributed by atoms with Gasteiger partial charge in [-0.25, -0.2) is 4.98 Å². The molecule has 2 aromatic carbocycles. The Morgan fingerprint density at radius 2 is 1.76 bits per heavy atom. The first-order chi connectivity index (χ1) is 10.1. The highest BCUT2D eigenvalue weighted by molar-refractivity contribution is 6.30. The van der Waals surface area contributed by atoms with Crippen LogP contribution in [0, 0.1) is 13.8 Å². The second-order valence-electron chi connectivity index (χ2n) is 5.32. The lowest BCUT2D eigenvalue weighted by Crippen LogP contribution is -2.05. The first-order valence-corrected chi connectivity index (χ1v) is 7.28. The molecule has 3 nitrogen and oxygen atoms in total. The van der Waals surface area contributed by atoms with Crippen LogP contribution in [-0.2, 0) is 13.2 Å². The Morgan fingerprint density at radius 1 is 1.10 bits per heavy atom. The lowest BCUT2D eigenvalue weighted by Gasteiger charge is -2.09. The van der Waals surface area contributed by atoms with Crippen LogP contribution in [0.5, 0.6) is 0 Å². The first-order valence-electron chi connectivity index (χ1n) is 6.90. The van der Waals surface area contributed by atoms with E-state index in [2.05, 4.69) is 35.5 Å². The minimum Gasteiger partial charge on any atom is -0.388 e. The molecule has 0 unspecified atom stereocenters. The van der Waals surface area contributed by atoms with Gasteiger partial charge < -0.3 is 9.67 Å². The van der Waals surface area contributed by atoms with Gasteiger partial charge in [-0.2, -0.15) is 0 Å². The van der Waals surface area contributed by atoms with Gasteiger partial charge in [-0.15, -0.1) is 0 Å². The summed E-state index contributed by atoms with van der Waals surface area (Å²) in [5, 5.41) is 10.3. The van der Waals surface area contributed by atoms with E-state index in [4.69, 9.17) is 11.6 Å². The van der Waals surface area contributed by atoms with Crippen molar-refractivity contribution in [3.8, 4) is 0 Å². The van der Waals surface area contributed by atoms with Crippen LogP contribution in [0.4, 0.5) is 0 Å². The number of aliphatic hydroxyl groups excluding tert-OH is 1. The minimum atomic E-state index is -0.0691. The van der Waals surface area contributed by atoms with E-state index >= 15 is 0 Å². The molecule has 0 amide bonds. The van der Waals surface area contributed by atoms with E-state index in [1.807, 2.05) is 24.3 Å². The van der Waals surface area contributed by atoms with Gasteiger partial charge in [-0.3, -0.25) is 0 Å². The molecule has 1 aromatic heterocycles. The van der Waals surface area contributed by atoms with E-state index in [0.29, 0.717) is 12.4 Å². The van der Waals surface area contributed by atoms with Crippen LogP contribution in [0.3, 0.4) is 0 Å². The molecule has 0 aliphatic heterocycles. The summed E-state index contributed by atoms with van der Waals surface area (Å²) in [5.41, 5.74) is 5.55. The minimum absolute atomic E-state index is 0.0691. The zero-order chi connectivity index (χ0) is 15.0. The van der Waals surface area contributed by atoms with Crippen LogP contribution in [-0.4, -0.2) is 14.7 Å². The highest BCUT2D eigenvalue weighted by atomic mass is 35.5. The van der Waals surface area contributed by atoms with Gasteiger partial charge in [0.2, 0.25) is 0 Å². The van der Waals surface area contributed by atoms with Crippen molar-refractivity contribution in [3.05, 3.63) is 63.9 Å². The van der Waals surface area contributed by atoms with Crippen molar-refractivity contribution in [2.45, 2.75) is 27.0 Å². The predicted octanol–water partition coefficient (Wildman–Crippen LogP) is 3.85. The SMILES string of the molecule is Cc1cc2nc(CO)n(Cc3ccc(Cl)cc3)c2cc1C. The van der Waals surface area contributed by atoms with Gasteiger partial charge in [0.15, 0.2) is 0 Å². The van der Waals surface area contributed by atoms with Crippen molar-refractivity contribution in [1.82, 2.24) is 9.55 Å². The molecule has 0 saturated heterocycles. The van der Waals surface area contributed by atoms with Crippen LogP contribution in [0.15, 0.2) is 36.4 Å². The van der Waals surface area contributed by atoms with Gasteiger partial charge >= 0.3 is 0 Å². The molecule has 21 heavy (non-hydrogen) atoms. The highest BCUT2D eigenvalue weighted by Gasteiger charge is 2.11. The number of benzene rings is 2. The van der Waals surface area contributed by atoms with Crippen molar-refractivity contribution in [2.75, 3.05) is 0 Å². The summed E-state index contributed by atoms with van der Waals surface area (Å²) in [6, 6.07) is 12.0. The van der Waals surface area contributed by atoms with Gasteiger partial charge in [0, 0.05) is 11.6 Å². The summed E-state index contributed by atoms with van der Waals surface area (Å²) in [6.45, 7) is 4.77. The third kappa shape index (κ3) is 2.67. The van der Waals surface area contributed by atoms with Gasteiger partial charge in [0.25, 0.3) is 0 Å².